The molecule has 0 aliphatic carbocycles. The monoisotopic (exact) mass is 103 g/mol. The molecule has 0 unspecified atom stereocenters. The van der Waals surface area contributed by atoms with Crippen molar-refractivity contribution in [3.05, 3.63) is 6.29 Å². The van der Waals surface area contributed by atoms with E-state index < -0.39 is 11.7 Å². The highest BCUT2D eigenvalue weighted by Gasteiger charge is 2.20. The second kappa shape index (κ2) is 1.80. The summed E-state index contributed by atoms with van der Waals surface area (Å²) in [6.07, 6.45) is -0.507. The summed E-state index contributed by atoms with van der Waals surface area (Å²) < 4.78 is 0. The predicted molar refractivity (Wildman–Crippen MR) is 26.6 cm³/mol. The molecule has 0 aromatic heterocycles. The van der Waals surface area contributed by atoms with Crippen LogP contribution < -0.4 is 0 Å². The normalized spacial score (nSPS) is 12.9. The maximum atomic E-state index is 8.36. The Labute approximate surface area is 43.8 Å². The number of aliphatic hydroxyl groups is 2. The highest BCUT2D eigenvalue weighted by atomic mass is 16.5. The Morgan fingerprint density at radius 1 is 1.14 bits per heavy atom. The van der Waals surface area contributed by atoms with E-state index >= 15 is 0 Å². The molecule has 0 aromatic rings. The molecule has 0 amide bonds. The molecule has 43 valence electrons. The van der Waals surface area contributed by atoms with Crippen LogP contribution in [0.1, 0.15) is 20.8 Å². The summed E-state index contributed by atoms with van der Waals surface area (Å²) in [4.78, 5) is 0. The van der Waals surface area contributed by atoms with Gasteiger partial charge in [-0.2, -0.15) is 0 Å². The number of hydrogen-bond donors (Lipinski definition) is 2. The first kappa shape index (κ1) is 6.92. The van der Waals surface area contributed by atoms with Gasteiger partial charge in [0.05, 0.1) is 0 Å². The average Bonchev–Trinajstić information content (AvgIpc) is 1.31. The molecular weight excluding hydrogens is 92.1 g/mol. The Kier molecular flexibility index (Phi) is 1.78. The van der Waals surface area contributed by atoms with Crippen molar-refractivity contribution < 1.29 is 10.2 Å². The van der Waals surface area contributed by atoms with E-state index in [1.165, 1.54) is 0 Å². The Hall–Kier alpha value is -0.0800. The summed E-state index contributed by atoms with van der Waals surface area (Å²) >= 11 is 0. The molecule has 0 aromatic carbocycles. The topological polar surface area (TPSA) is 40.5 Å². The van der Waals surface area contributed by atoms with E-state index in [1.54, 1.807) is 20.8 Å². The summed E-state index contributed by atoms with van der Waals surface area (Å²) in [5.74, 6) is 0. The first-order chi connectivity index (χ1) is 2.94. The fourth-order valence-electron chi connectivity index (χ4n) is 0. The quantitative estimate of drug-likeness (QED) is 0.484. The van der Waals surface area contributed by atoms with Crippen molar-refractivity contribution in [2.45, 2.75) is 20.8 Å². The minimum absolute atomic E-state index is 0.472. The standard InChI is InChI=1S/C5H11O2/c1-5(2,3)4(6)7/h6-7H,1-3H3. The van der Waals surface area contributed by atoms with Gasteiger partial charge in [-0.3, -0.25) is 0 Å². The SMILES string of the molecule is CC(C)(C)[C](O)O. The third kappa shape index (κ3) is 2.60. The Balaban J connectivity index is 3.54. The van der Waals surface area contributed by atoms with Crippen LogP contribution in [0.15, 0.2) is 0 Å². The molecule has 0 bridgehead atoms. The van der Waals surface area contributed by atoms with Gasteiger partial charge in [0.1, 0.15) is 0 Å². The smallest absolute Gasteiger partial charge is 0.223 e. The second-order valence-electron chi connectivity index (χ2n) is 2.57. The summed E-state index contributed by atoms with van der Waals surface area (Å²) in [5.41, 5.74) is -0.472. The van der Waals surface area contributed by atoms with Gasteiger partial charge >= 0.3 is 0 Å². The highest BCUT2D eigenvalue weighted by Crippen LogP contribution is 2.21. The highest BCUT2D eigenvalue weighted by molar-refractivity contribution is 4.76. The first-order valence-electron chi connectivity index (χ1n) is 2.20. The van der Waals surface area contributed by atoms with Crippen LogP contribution in [0.4, 0.5) is 0 Å². The maximum absolute atomic E-state index is 8.36. The van der Waals surface area contributed by atoms with Crippen molar-refractivity contribution in [2.75, 3.05) is 0 Å². The van der Waals surface area contributed by atoms with Gasteiger partial charge < -0.3 is 10.2 Å². The minimum atomic E-state index is -0.507. The van der Waals surface area contributed by atoms with Gasteiger partial charge in [0.25, 0.3) is 0 Å². The van der Waals surface area contributed by atoms with E-state index in [0.29, 0.717) is 0 Å². The largest absolute Gasteiger partial charge is 0.361 e. The van der Waals surface area contributed by atoms with Gasteiger partial charge in [-0.1, -0.05) is 20.8 Å². The zero-order chi connectivity index (χ0) is 6.08. The van der Waals surface area contributed by atoms with Gasteiger partial charge in [0, 0.05) is 5.41 Å². The van der Waals surface area contributed by atoms with E-state index in [-0.39, 0.29) is 0 Å². The van der Waals surface area contributed by atoms with Crippen LogP contribution in [-0.2, 0) is 0 Å². The zero-order valence-corrected chi connectivity index (χ0v) is 4.89. The summed E-state index contributed by atoms with van der Waals surface area (Å²) in [6, 6.07) is 0. The van der Waals surface area contributed by atoms with E-state index in [4.69, 9.17) is 10.2 Å². The number of aliphatic hydroxyl groups excluding tert-OH is 1. The molecular formula is C5H11O2. The molecule has 0 saturated heterocycles. The van der Waals surface area contributed by atoms with Crippen LogP contribution in [0, 0.1) is 11.7 Å². The summed E-state index contributed by atoms with van der Waals surface area (Å²) in [6.45, 7) is 5.17. The Bertz CT molecular complexity index is 51.6. The van der Waals surface area contributed by atoms with E-state index in [0.717, 1.165) is 0 Å². The van der Waals surface area contributed by atoms with Gasteiger partial charge in [0.15, 0.2) is 0 Å². The molecule has 1 radical (unpaired) electrons. The van der Waals surface area contributed by atoms with Crippen LogP contribution in [0.3, 0.4) is 0 Å². The number of rotatable bonds is 0. The van der Waals surface area contributed by atoms with Crippen LogP contribution in [0.5, 0.6) is 0 Å². The molecule has 0 aliphatic heterocycles. The summed E-state index contributed by atoms with van der Waals surface area (Å²) in [7, 11) is 0. The molecule has 2 heteroatoms. The molecule has 2 N–H and O–H groups in total. The van der Waals surface area contributed by atoms with Gasteiger partial charge in [-0.25, -0.2) is 0 Å². The molecule has 2 nitrogen and oxygen atoms in total. The van der Waals surface area contributed by atoms with Gasteiger partial charge in [0.2, 0.25) is 6.29 Å². The lowest BCUT2D eigenvalue weighted by atomic mass is 9.96. The van der Waals surface area contributed by atoms with E-state index in [1.807, 2.05) is 0 Å². The van der Waals surface area contributed by atoms with Crippen LogP contribution in [0.25, 0.3) is 0 Å². The number of hydrogen-bond acceptors (Lipinski definition) is 2. The molecule has 0 aliphatic rings. The lowest BCUT2D eigenvalue weighted by molar-refractivity contribution is 0.00201. The summed E-state index contributed by atoms with van der Waals surface area (Å²) in [5, 5.41) is 16.7. The predicted octanol–water partition coefficient (Wildman–Crippen LogP) is 1.27. The zero-order valence-electron chi connectivity index (χ0n) is 4.89. The third-order valence-corrected chi connectivity index (χ3v) is 0.671. The van der Waals surface area contributed by atoms with E-state index in [2.05, 4.69) is 0 Å². The van der Waals surface area contributed by atoms with Gasteiger partial charge in [-0.15, -0.1) is 0 Å². The van der Waals surface area contributed by atoms with Gasteiger partial charge in [-0.05, 0) is 0 Å². The molecule has 0 fully saturated rings. The third-order valence-electron chi connectivity index (χ3n) is 0.671. The van der Waals surface area contributed by atoms with Crippen molar-refractivity contribution in [3.63, 3.8) is 0 Å². The molecule has 0 atom stereocenters. The van der Waals surface area contributed by atoms with Crippen molar-refractivity contribution in [1.82, 2.24) is 0 Å². The van der Waals surface area contributed by atoms with Crippen molar-refractivity contribution in [2.24, 2.45) is 5.41 Å². The molecule has 0 saturated carbocycles. The molecule has 7 heavy (non-hydrogen) atoms. The molecule has 0 rings (SSSR count). The lowest BCUT2D eigenvalue weighted by Crippen LogP contribution is -2.16. The van der Waals surface area contributed by atoms with Crippen molar-refractivity contribution in [3.8, 4) is 0 Å². The molecule has 0 heterocycles. The van der Waals surface area contributed by atoms with E-state index in [9.17, 15) is 0 Å². The fourth-order valence-corrected chi connectivity index (χ4v) is 0. The lowest BCUT2D eigenvalue weighted by Gasteiger charge is -2.17. The molecule has 0 spiro atoms. The van der Waals surface area contributed by atoms with Crippen molar-refractivity contribution in [1.29, 1.82) is 0 Å². The van der Waals surface area contributed by atoms with Crippen molar-refractivity contribution >= 4 is 0 Å². The second-order valence-corrected chi connectivity index (χ2v) is 2.57. The van der Waals surface area contributed by atoms with Crippen LogP contribution >= 0.6 is 0 Å². The first-order valence-corrected chi connectivity index (χ1v) is 2.20. The minimum Gasteiger partial charge on any atom is -0.361 e. The van der Waals surface area contributed by atoms with Crippen LogP contribution in [-0.4, -0.2) is 10.2 Å². The Morgan fingerprint density at radius 3 is 1.29 bits per heavy atom. The average molecular weight is 103 g/mol. The Morgan fingerprint density at radius 2 is 1.29 bits per heavy atom. The maximum Gasteiger partial charge on any atom is 0.223 e. The van der Waals surface area contributed by atoms with Crippen LogP contribution in [0.2, 0.25) is 0 Å². The fraction of sp³-hybridized carbons (Fsp3) is 0.800.